The molecule has 3 atom stereocenters. The minimum atomic E-state index is -0.234. The Kier molecular flexibility index (Phi) is 2.69. The molecule has 2 heteroatoms. The molecule has 0 radical (unpaired) electrons. The van der Waals surface area contributed by atoms with Crippen LogP contribution in [0.4, 0.5) is 0 Å². The van der Waals surface area contributed by atoms with E-state index in [1.807, 2.05) is 6.92 Å². The van der Waals surface area contributed by atoms with Gasteiger partial charge in [0.05, 0.1) is 18.3 Å². The zero-order valence-corrected chi connectivity index (χ0v) is 6.71. The van der Waals surface area contributed by atoms with Crippen molar-refractivity contribution in [2.75, 3.05) is 0 Å². The highest BCUT2D eigenvalue weighted by molar-refractivity contribution is 4.74. The van der Waals surface area contributed by atoms with Crippen molar-refractivity contribution < 1.29 is 9.84 Å². The molecule has 1 N–H and O–H groups in total. The van der Waals surface area contributed by atoms with Gasteiger partial charge in [-0.1, -0.05) is 6.92 Å². The Bertz CT molecular complexity index is 103. The summed E-state index contributed by atoms with van der Waals surface area (Å²) in [5, 5.41) is 9.27. The van der Waals surface area contributed by atoms with Gasteiger partial charge in [-0.05, 0) is 26.2 Å². The Hall–Kier alpha value is -0.0800. The smallest absolute Gasteiger partial charge is 0.0809 e. The molecule has 60 valence electrons. The van der Waals surface area contributed by atoms with Crippen molar-refractivity contribution in [3.05, 3.63) is 0 Å². The predicted octanol–water partition coefficient (Wildman–Crippen LogP) is 1.32. The van der Waals surface area contributed by atoms with Gasteiger partial charge in [0, 0.05) is 0 Å². The molecule has 1 fully saturated rings. The number of aliphatic hydroxyl groups excluding tert-OH is 1. The third-order valence-corrected chi connectivity index (χ3v) is 2.19. The van der Waals surface area contributed by atoms with Crippen LogP contribution < -0.4 is 0 Å². The monoisotopic (exact) mass is 144 g/mol. The number of rotatable bonds is 1. The van der Waals surface area contributed by atoms with Crippen LogP contribution in [-0.2, 0) is 4.74 Å². The van der Waals surface area contributed by atoms with Crippen molar-refractivity contribution in [3.63, 3.8) is 0 Å². The van der Waals surface area contributed by atoms with Crippen LogP contribution in [0.2, 0.25) is 0 Å². The fourth-order valence-corrected chi connectivity index (χ4v) is 1.35. The van der Waals surface area contributed by atoms with Gasteiger partial charge in [0.15, 0.2) is 0 Å². The fourth-order valence-electron chi connectivity index (χ4n) is 1.35. The van der Waals surface area contributed by atoms with E-state index in [0.29, 0.717) is 6.10 Å². The van der Waals surface area contributed by atoms with Crippen molar-refractivity contribution >= 4 is 0 Å². The van der Waals surface area contributed by atoms with Crippen LogP contribution in [0, 0.1) is 0 Å². The molecule has 1 rings (SSSR count). The molecule has 1 heterocycles. The molecule has 0 spiro atoms. The van der Waals surface area contributed by atoms with E-state index in [9.17, 15) is 5.11 Å². The maximum Gasteiger partial charge on any atom is 0.0809 e. The summed E-state index contributed by atoms with van der Waals surface area (Å²) in [5.41, 5.74) is 0. The first kappa shape index (κ1) is 8.02. The van der Waals surface area contributed by atoms with Crippen LogP contribution in [0.25, 0.3) is 0 Å². The summed E-state index contributed by atoms with van der Waals surface area (Å²) in [6.45, 7) is 4.06. The van der Waals surface area contributed by atoms with Crippen LogP contribution in [0.3, 0.4) is 0 Å². The van der Waals surface area contributed by atoms with Gasteiger partial charge in [-0.15, -0.1) is 0 Å². The first-order valence-electron chi connectivity index (χ1n) is 4.07. The summed E-state index contributed by atoms with van der Waals surface area (Å²) in [6, 6.07) is 0. The van der Waals surface area contributed by atoms with E-state index in [-0.39, 0.29) is 12.2 Å². The second-order valence-electron chi connectivity index (χ2n) is 3.02. The van der Waals surface area contributed by atoms with Crippen molar-refractivity contribution in [1.82, 2.24) is 0 Å². The van der Waals surface area contributed by atoms with Gasteiger partial charge in [0.2, 0.25) is 0 Å². The van der Waals surface area contributed by atoms with Crippen LogP contribution in [0.5, 0.6) is 0 Å². The molecule has 1 saturated heterocycles. The standard InChI is InChI=1S/C8H16O2/c1-3-7-4-5-8(9)6(2)10-7/h6-9H,3-5H2,1-2H3/t6-,7-,8-/m0/s1. The zero-order chi connectivity index (χ0) is 7.56. The predicted molar refractivity (Wildman–Crippen MR) is 39.9 cm³/mol. The highest BCUT2D eigenvalue weighted by atomic mass is 16.5. The Balaban J connectivity index is 2.33. The lowest BCUT2D eigenvalue weighted by atomic mass is 10.0. The largest absolute Gasteiger partial charge is 0.390 e. The average Bonchev–Trinajstić information content (AvgIpc) is 1.95. The first-order valence-corrected chi connectivity index (χ1v) is 4.07. The normalized spacial score (nSPS) is 41.7. The molecule has 0 amide bonds. The topological polar surface area (TPSA) is 29.5 Å². The molecule has 2 nitrogen and oxygen atoms in total. The summed E-state index contributed by atoms with van der Waals surface area (Å²) in [6.07, 6.45) is 3.18. The molecule has 0 bridgehead atoms. The number of hydrogen-bond donors (Lipinski definition) is 1. The average molecular weight is 144 g/mol. The maximum absolute atomic E-state index is 9.27. The third kappa shape index (κ3) is 1.70. The van der Waals surface area contributed by atoms with Gasteiger partial charge in [0.25, 0.3) is 0 Å². The Morgan fingerprint density at radius 3 is 2.70 bits per heavy atom. The van der Waals surface area contributed by atoms with Crippen molar-refractivity contribution in [3.8, 4) is 0 Å². The van der Waals surface area contributed by atoms with Gasteiger partial charge in [0.1, 0.15) is 0 Å². The molecule has 0 aromatic carbocycles. The number of aliphatic hydroxyl groups is 1. The van der Waals surface area contributed by atoms with Gasteiger partial charge in [-0.3, -0.25) is 0 Å². The van der Waals surface area contributed by atoms with E-state index in [1.54, 1.807) is 0 Å². The number of hydrogen-bond acceptors (Lipinski definition) is 2. The molecule has 0 aromatic heterocycles. The van der Waals surface area contributed by atoms with Gasteiger partial charge in [-0.25, -0.2) is 0 Å². The molecule has 0 aromatic rings. The Labute approximate surface area is 62.2 Å². The summed E-state index contributed by atoms with van der Waals surface area (Å²) < 4.78 is 5.50. The Morgan fingerprint density at radius 1 is 1.50 bits per heavy atom. The fraction of sp³-hybridized carbons (Fsp3) is 1.00. The molecule has 1 aliphatic heterocycles. The number of ether oxygens (including phenoxy) is 1. The molecule has 0 saturated carbocycles. The van der Waals surface area contributed by atoms with E-state index in [0.717, 1.165) is 19.3 Å². The van der Waals surface area contributed by atoms with E-state index in [4.69, 9.17) is 4.74 Å². The third-order valence-electron chi connectivity index (χ3n) is 2.19. The highest BCUT2D eigenvalue weighted by Gasteiger charge is 2.24. The van der Waals surface area contributed by atoms with Crippen LogP contribution in [0.1, 0.15) is 33.1 Å². The first-order chi connectivity index (χ1) is 4.74. The van der Waals surface area contributed by atoms with E-state index in [1.165, 1.54) is 0 Å². The highest BCUT2D eigenvalue weighted by Crippen LogP contribution is 2.20. The molecule has 0 unspecified atom stereocenters. The zero-order valence-electron chi connectivity index (χ0n) is 6.71. The molecule has 1 aliphatic rings. The van der Waals surface area contributed by atoms with Gasteiger partial charge in [-0.2, -0.15) is 0 Å². The molecular weight excluding hydrogens is 128 g/mol. The summed E-state index contributed by atoms with van der Waals surface area (Å²) in [5.74, 6) is 0. The Morgan fingerprint density at radius 2 is 2.20 bits per heavy atom. The summed E-state index contributed by atoms with van der Waals surface area (Å²) in [4.78, 5) is 0. The lowest BCUT2D eigenvalue weighted by molar-refractivity contribution is -0.108. The minimum Gasteiger partial charge on any atom is -0.390 e. The van der Waals surface area contributed by atoms with Crippen molar-refractivity contribution in [1.29, 1.82) is 0 Å². The van der Waals surface area contributed by atoms with Crippen LogP contribution >= 0.6 is 0 Å². The summed E-state index contributed by atoms with van der Waals surface area (Å²) in [7, 11) is 0. The van der Waals surface area contributed by atoms with E-state index < -0.39 is 0 Å². The maximum atomic E-state index is 9.27. The minimum absolute atomic E-state index is 0.0405. The van der Waals surface area contributed by atoms with Gasteiger partial charge >= 0.3 is 0 Å². The van der Waals surface area contributed by atoms with Crippen LogP contribution in [-0.4, -0.2) is 23.4 Å². The van der Waals surface area contributed by atoms with E-state index >= 15 is 0 Å². The van der Waals surface area contributed by atoms with Crippen molar-refractivity contribution in [2.24, 2.45) is 0 Å². The molecular formula is C8H16O2. The second kappa shape index (κ2) is 3.35. The lowest BCUT2D eigenvalue weighted by Crippen LogP contribution is -2.36. The van der Waals surface area contributed by atoms with E-state index in [2.05, 4.69) is 6.92 Å². The van der Waals surface area contributed by atoms with Crippen molar-refractivity contribution in [2.45, 2.75) is 51.4 Å². The molecule has 0 aliphatic carbocycles. The van der Waals surface area contributed by atoms with Gasteiger partial charge < -0.3 is 9.84 Å². The molecule has 10 heavy (non-hydrogen) atoms. The quantitative estimate of drug-likeness (QED) is 0.601. The summed E-state index contributed by atoms with van der Waals surface area (Å²) >= 11 is 0. The second-order valence-corrected chi connectivity index (χ2v) is 3.02. The van der Waals surface area contributed by atoms with Crippen LogP contribution in [0.15, 0.2) is 0 Å². The SMILES string of the molecule is CC[C@H]1CC[C@H](O)[C@H](C)O1. The lowest BCUT2D eigenvalue weighted by Gasteiger charge is -2.31.